The summed E-state index contributed by atoms with van der Waals surface area (Å²) in [6.45, 7) is 8.66. The summed E-state index contributed by atoms with van der Waals surface area (Å²) in [5.74, 6) is 0. The van der Waals surface area contributed by atoms with Crippen molar-refractivity contribution < 1.29 is 4.79 Å². The van der Waals surface area contributed by atoms with E-state index in [9.17, 15) is 4.79 Å². The standard InChI is InChI=1S/C12H23NO/c1-4-12(5-2,10-14)9-13-8-6-7-11(13)3/h10-11H,4-9H2,1-3H3. The summed E-state index contributed by atoms with van der Waals surface area (Å²) in [7, 11) is 0. The number of nitrogens with zero attached hydrogens (tertiary/aromatic N) is 1. The maximum Gasteiger partial charge on any atom is 0.127 e. The second-order valence-corrected chi connectivity index (χ2v) is 4.65. The van der Waals surface area contributed by atoms with Crippen LogP contribution in [0.5, 0.6) is 0 Å². The molecule has 0 aliphatic carbocycles. The van der Waals surface area contributed by atoms with Crippen molar-refractivity contribution in [2.45, 2.75) is 52.5 Å². The van der Waals surface area contributed by atoms with Crippen LogP contribution in [0.15, 0.2) is 0 Å². The molecule has 1 unspecified atom stereocenters. The van der Waals surface area contributed by atoms with E-state index in [1.54, 1.807) is 0 Å². The summed E-state index contributed by atoms with van der Waals surface area (Å²) < 4.78 is 0. The van der Waals surface area contributed by atoms with Crippen LogP contribution in [0.2, 0.25) is 0 Å². The Balaban J connectivity index is 2.58. The summed E-state index contributed by atoms with van der Waals surface area (Å²) in [6, 6.07) is 0.674. The molecule has 1 heterocycles. The van der Waals surface area contributed by atoms with E-state index in [4.69, 9.17) is 0 Å². The zero-order chi connectivity index (χ0) is 10.6. The van der Waals surface area contributed by atoms with Crippen molar-refractivity contribution in [3.05, 3.63) is 0 Å². The van der Waals surface area contributed by atoms with E-state index in [0.29, 0.717) is 6.04 Å². The molecule has 14 heavy (non-hydrogen) atoms. The van der Waals surface area contributed by atoms with E-state index in [-0.39, 0.29) is 5.41 Å². The molecule has 1 aliphatic heterocycles. The van der Waals surface area contributed by atoms with Gasteiger partial charge in [-0.2, -0.15) is 0 Å². The molecule has 0 radical (unpaired) electrons. The first-order valence-electron chi connectivity index (χ1n) is 5.88. The quantitative estimate of drug-likeness (QED) is 0.631. The monoisotopic (exact) mass is 197 g/mol. The van der Waals surface area contributed by atoms with Gasteiger partial charge in [-0.1, -0.05) is 13.8 Å². The fourth-order valence-electron chi connectivity index (χ4n) is 2.31. The summed E-state index contributed by atoms with van der Waals surface area (Å²) in [5.41, 5.74) is -0.0847. The highest BCUT2D eigenvalue weighted by atomic mass is 16.1. The minimum Gasteiger partial charge on any atom is -0.303 e. The lowest BCUT2D eigenvalue weighted by Gasteiger charge is -2.32. The fraction of sp³-hybridized carbons (Fsp3) is 0.917. The summed E-state index contributed by atoms with van der Waals surface area (Å²) in [6.07, 6.45) is 5.70. The van der Waals surface area contributed by atoms with Gasteiger partial charge in [-0.25, -0.2) is 0 Å². The van der Waals surface area contributed by atoms with Crippen LogP contribution >= 0.6 is 0 Å². The van der Waals surface area contributed by atoms with E-state index < -0.39 is 0 Å². The predicted octanol–water partition coefficient (Wildman–Crippen LogP) is 2.48. The Hall–Kier alpha value is -0.370. The Bertz CT molecular complexity index is 187. The van der Waals surface area contributed by atoms with E-state index in [1.165, 1.54) is 25.7 Å². The number of rotatable bonds is 5. The molecule has 1 rings (SSSR count). The number of hydrogen-bond donors (Lipinski definition) is 0. The van der Waals surface area contributed by atoms with Crippen molar-refractivity contribution in [3.63, 3.8) is 0 Å². The van der Waals surface area contributed by atoms with Gasteiger partial charge >= 0.3 is 0 Å². The molecule has 1 fully saturated rings. The Morgan fingerprint density at radius 2 is 2.07 bits per heavy atom. The molecule has 1 saturated heterocycles. The highest BCUT2D eigenvalue weighted by Crippen LogP contribution is 2.28. The molecular formula is C12H23NO. The van der Waals surface area contributed by atoms with Crippen molar-refractivity contribution in [1.82, 2.24) is 4.90 Å². The number of aldehydes is 1. The van der Waals surface area contributed by atoms with Gasteiger partial charge in [0.2, 0.25) is 0 Å². The normalized spacial score (nSPS) is 24.1. The third-order valence-corrected chi connectivity index (χ3v) is 3.87. The lowest BCUT2D eigenvalue weighted by molar-refractivity contribution is -0.117. The maximum absolute atomic E-state index is 11.2. The zero-order valence-electron chi connectivity index (χ0n) is 9.75. The number of likely N-dealkylation sites (tertiary alicyclic amines) is 1. The first kappa shape index (κ1) is 11.7. The van der Waals surface area contributed by atoms with Crippen molar-refractivity contribution in [2.24, 2.45) is 5.41 Å². The molecule has 0 spiro atoms. The molecule has 0 amide bonds. The first-order valence-corrected chi connectivity index (χ1v) is 5.88. The van der Waals surface area contributed by atoms with Crippen molar-refractivity contribution in [1.29, 1.82) is 0 Å². The zero-order valence-corrected chi connectivity index (χ0v) is 9.75. The Kier molecular flexibility index (Phi) is 4.11. The van der Waals surface area contributed by atoms with Gasteiger partial charge in [0, 0.05) is 18.0 Å². The lowest BCUT2D eigenvalue weighted by atomic mass is 9.83. The molecule has 0 aromatic carbocycles. The van der Waals surface area contributed by atoms with Crippen LogP contribution in [0.4, 0.5) is 0 Å². The SMILES string of the molecule is CCC(C=O)(CC)CN1CCCC1C. The van der Waals surface area contributed by atoms with Gasteiger partial charge < -0.3 is 4.79 Å². The average Bonchev–Trinajstić information content (AvgIpc) is 2.61. The van der Waals surface area contributed by atoms with Crippen LogP contribution in [-0.2, 0) is 4.79 Å². The summed E-state index contributed by atoms with van der Waals surface area (Å²) in [4.78, 5) is 13.6. The molecule has 0 bridgehead atoms. The van der Waals surface area contributed by atoms with Crippen LogP contribution in [0.25, 0.3) is 0 Å². The van der Waals surface area contributed by atoms with E-state index in [0.717, 1.165) is 19.4 Å². The Labute approximate surface area is 87.7 Å². The van der Waals surface area contributed by atoms with Crippen LogP contribution in [0.1, 0.15) is 46.5 Å². The molecule has 82 valence electrons. The van der Waals surface area contributed by atoms with Crippen LogP contribution < -0.4 is 0 Å². The average molecular weight is 197 g/mol. The third-order valence-electron chi connectivity index (χ3n) is 3.87. The van der Waals surface area contributed by atoms with Gasteiger partial charge in [-0.3, -0.25) is 4.90 Å². The van der Waals surface area contributed by atoms with Gasteiger partial charge in [0.25, 0.3) is 0 Å². The van der Waals surface area contributed by atoms with Crippen molar-refractivity contribution >= 4 is 6.29 Å². The molecule has 0 saturated carbocycles. The van der Waals surface area contributed by atoms with Crippen LogP contribution in [0, 0.1) is 5.41 Å². The molecule has 2 nitrogen and oxygen atoms in total. The van der Waals surface area contributed by atoms with Crippen molar-refractivity contribution in [2.75, 3.05) is 13.1 Å². The topological polar surface area (TPSA) is 20.3 Å². The fourth-order valence-corrected chi connectivity index (χ4v) is 2.31. The predicted molar refractivity (Wildman–Crippen MR) is 59.3 cm³/mol. The number of carbonyl (C=O) groups is 1. The molecule has 0 aromatic heterocycles. The number of carbonyl (C=O) groups excluding carboxylic acids is 1. The summed E-state index contributed by atoms with van der Waals surface area (Å²) >= 11 is 0. The van der Waals surface area contributed by atoms with E-state index in [1.807, 2.05) is 0 Å². The molecular weight excluding hydrogens is 174 g/mol. The minimum absolute atomic E-state index is 0.0847. The van der Waals surface area contributed by atoms with E-state index >= 15 is 0 Å². The molecule has 0 aromatic rings. The van der Waals surface area contributed by atoms with Gasteiger partial charge in [-0.05, 0) is 39.2 Å². The van der Waals surface area contributed by atoms with Gasteiger partial charge in [0.1, 0.15) is 6.29 Å². The molecule has 2 heteroatoms. The third kappa shape index (κ3) is 2.35. The van der Waals surface area contributed by atoms with Gasteiger partial charge in [0.15, 0.2) is 0 Å². The van der Waals surface area contributed by atoms with Crippen molar-refractivity contribution in [3.8, 4) is 0 Å². The minimum atomic E-state index is -0.0847. The largest absolute Gasteiger partial charge is 0.303 e. The van der Waals surface area contributed by atoms with E-state index in [2.05, 4.69) is 25.7 Å². The summed E-state index contributed by atoms with van der Waals surface area (Å²) in [5, 5.41) is 0. The highest BCUT2D eigenvalue weighted by Gasteiger charge is 2.31. The number of hydrogen-bond acceptors (Lipinski definition) is 2. The second-order valence-electron chi connectivity index (χ2n) is 4.65. The maximum atomic E-state index is 11.2. The Morgan fingerprint density at radius 1 is 1.43 bits per heavy atom. The van der Waals surface area contributed by atoms with Crippen LogP contribution in [0.3, 0.4) is 0 Å². The highest BCUT2D eigenvalue weighted by molar-refractivity contribution is 5.59. The molecule has 0 N–H and O–H groups in total. The van der Waals surface area contributed by atoms with Gasteiger partial charge in [0.05, 0.1) is 0 Å². The van der Waals surface area contributed by atoms with Crippen LogP contribution in [-0.4, -0.2) is 30.3 Å². The molecule has 1 atom stereocenters. The lowest BCUT2D eigenvalue weighted by Crippen LogP contribution is -2.39. The second kappa shape index (κ2) is 4.92. The van der Waals surface area contributed by atoms with Gasteiger partial charge in [-0.15, -0.1) is 0 Å². The Morgan fingerprint density at radius 3 is 2.43 bits per heavy atom. The first-order chi connectivity index (χ1) is 6.67. The smallest absolute Gasteiger partial charge is 0.127 e. The molecule has 1 aliphatic rings.